The van der Waals surface area contributed by atoms with Crippen LogP contribution in [0.5, 0.6) is 0 Å². The first kappa shape index (κ1) is 14.5. The van der Waals surface area contributed by atoms with Crippen LogP contribution in [0, 0.1) is 5.92 Å². The molecule has 0 bridgehead atoms. The Morgan fingerprint density at radius 2 is 2.00 bits per heavy atom. The standard InChI is InChI=1S/C14H28N2O/c1-3-8-13(2)14(17)15-9-7-12-16-10-5-4-6-11-16/h13H,3-12H2,1-2H3,(H,15,17). The Hall–Kier alpha value is -0.570. The monoisotopic (exact) mass is 240 g/mol. The van der Waals surface area contributed by atoms with E-state index < -0.39 is 0 Å². The average Bonchev–Trinajstić information content (AvgIpc) is 2.36. The first-order chi connectivity index (χ1) is 8.24. The Bertz CT molecular complexity index is 212. The van der Waals surface area contributed by atoms with Crippen LogP contribution in [0.25, 0.3) is 0 Å². The molecule has 0 aliphatic carbocycles. The Kier molecular flexibility index (Phi) is 7.25. The van der Waals surface area contributed by atoms with Gasteiger partial charge in [0.25, 0.3) is 0 Å². The average molecular weight is 240 g/mol. The number of hydrogen-bond donors (Lipinski definition) is 1. The van der Waals surface area contributed by atoms with Crippen molar-refractivity contribution in [3.8, 4) is 0 Å². The topological polar surface area (TPSA) is 32.3 Å². The summed E-state index contributed by atoms with van der Waals surface area (Å²) in [6.07, 6.45) is 7.26. The van der Waals surface area contributed by atoms with Gasteiger partial charge in [-0.2, -0.15) is 0 Å². The van der Waals surface area contributed by atoms with Gasteiger partial charge in [0.05, 0.1) is 0 Å². The molecule has 1 N–H and O–H groups in total. The van der Waals surface area contributed by atoms with Crippen LogP contribution in [0.15, 0.2) is 0 Å². The van der Waals surface area contributed by atoms with Gasteiger partial charge >= 0.3 is 0 Å². The molecule has 3 heteroatoms. The quantitative estimate of drug-likeness (QED) is 0.693. The minimum absolute atomic E-state index is 0.176. The van der Waals surface area contributed by atoms with Crippen LogP contribution in [0.3, 0.4) is 0 Å². The summed E-state index contributed by atoms with van der Waals surface area (Å²) in [5.41, 5.74) is 0. The number of rotatable bonds is 7. The molecule has 3 nitrogen and oxygen atoms in total. The first-order valence-corrected chi connectivity index (χ1v) is 7.24. The van der Waals surface area contributed by atoms with Gasteiger partial charge in [0.1, 0.15) is 0 Å². The maximum atomic E-state index is 11.7. The smallest absolute Gasteiger partial charge is 0.222 e. The Morgan fingerprint density at radius 1 is 1.29 bits per heavy atom. The van der Waals surface area contributed by atoms with Gasteiger partial charge in [-0.1, -0.05) is 26.7 Å². The number of carbonyl (C=O) groups excluding carboxylic acids is 1. The fourth-order valence-corrected chi connectivity index (χ4v) is 2.44. The largest absolute Gasteiger partial charge is 0.356 e. The van der Waals surface area contributed by atoms with E-state index in [-0.39, 0.29) is 11.8 Å². The molecule has 0 aromatic rings. The summed E-state index contributed by atoms with van der Waals surface area (Å²) in [6.45, 7) is 8.62. The highest BCUT2D eigenvalue weighted by Gasteiger charge is 2.12. The molecular weight excluding hydrogens is 212 g/mol. The lowest BCUT2D eigenvalue weighted by molar-refractivity contribution is -0.124. The number of piperidine rings is 1. The van der Waals surface area contributed by atoms with Gasteiger partial charge in [-0.25, -0.2) is 0 Å². The van der Waals surface area contributed by atoms with Crippen molar-refractivity contribution >= 4 is 5.91 Å². The number of carbonyl (C=O) groups is 1. The highest BCUT2D eigenvalue weighted by atomic mass is 16.1. The second-order valence-corrected chi connectivity index (χ2v) is 5.24. The maximum absolute atomic E-state index is 11.7. The lowest BCUT2D eigenvalue weighted by Crippen LogP contribution is -2.34. The highest BCUT2D eigenvalue weighted by molar-refractivity contribution is 5.78. The van der Waals surface area contributed by atoms with E-state index >= 15 is 0 Å². The van der Waals surface area contributed by atoms with Crippen molar-refractivity contribution in [1.29, 1.82) is 0 Å². The molecule has 0 radical (unpaired) electrons. The van der Waals surface area contributed by atoms with E-state index in [9.17, 15) is 4.79 Å². The van der Waals surface area contributed by atoms with E-state index in [4.69, 9.17) is 0 Å². The van der Waals surface area contributed by atoms with E-state index in [2.05, 4.69) is 17.1 Å². The van der Waals surface area contributed by atoms with Crippen LogP contribution in [-0.4, -0.2) is 37.0 Å². The van der Waals surface area contributed by atoms with Crippen LogP contribution in [0.4, 0.5) is 0 Å². The van der Waals surface area contributed by atoms with Crippen LogP contribution in [0.1, 0.15) is 52.4 Å². The number of nitrogens with zero attached hydrogens (tertiary/aromatic N) is 1. The third-order valence-corrected chi connectivity index (χ3v) is 3.57. The van der Waals surface area contributed by atoms with Gasteiger partial charge < -0.3 is 10.2 Å². The minimum Gasteiger partial charge on any atom is -0.356 e. The summed E-state index contributed by atoms with van der Waals surface area (Å²) in [7, 11) is 0. The number of hydrogen-bond acceptors (Lipinski definition) is 2. The zero-order valence-electron chi connectivity index (χ0n) is 11.5. The fraction of sp³-hybridized carbons (Fsp3) is 0.929. The van der Waals surface area contributed by atoms with Crippen molar-refractivity contribution in [2.75, 3.05) is 26.2 Å². The van der Waals surface area contributed by atoms with Gasteiger partial charge in [0.2, 0.25) is 5.91 Å². The molecule has 17 heavy (non-hydrogen) atoms. The van der Waals surface area contributed by atoms with E-state index in [0.717, 1.165) is 32.4 Å². The molecule has 1 unspecified atom stereocenters. The predicted molar refractivity (Wildman–Crippen MR) is 72.0 cm³/mol. The van der Waals surface area contributed by atoms with Gasteiger partial charge in [-0.05, 0) is 45.3 Å². The molecular formula is C14H28N2O. The third kappa shape index (κ3) is 6.06. The fourth-order valence-electron chi connectivity index (χ4n) is 2.44. The highest BCUT2D eigenvalue weighted by Crippen LogP contribution is 2.08. The molecule has 0 aromatic heterocycles. The molecule has 1 aliphatic heterocycles. The number of likely N-dealkylation sites (tertiary alicyclic amines) is 1. The van der Waals surface area contributed by atoms with Gasteiger partial charge in [0, 0.05) is 12.5 Å². The van der Waals surface area contributed by atoms with Gasteiger partial charge in [0.15, 0.2) is 0 Å². The lowest BCUT2D eigenvalue weighted by Gasteiger charge is -2.26. The Morgan fingerprint density at radius 3 is 2.65 bits per heavy atom. The van der Waals surface area contributed by atoms with Gasteiger partial charge in [-0.3, -0.25) is 4.79 Å². The van der Waals surface area contributed by atoms with E-state index in [1.54, 1.807) is 0 Å². The molecule has 1 rings (SSSR count). The molecule has 1 aliphatic rings. The van der Waals surface area contributed by atoms with Crippen molar-refractivity contribution in [3.63, 3.8) is 0 Å². The SMILES string of the molecule is CCCC(C)C(=O)NCCCN1CCCCC1. The molecule has 1 fully saturated rings. The summed E-state index contributed by atoms with van der Waals surface area (Å²) in [5, 5.41) is 3.04. The Balaban J connectivity index is 2.01. The lowest BCUT2D eigenvalue weighted by atomic mass is 10.1. The molecule has 0 aromatic carbocycles. The van der Waals surface area contributed by atoms with Crippen molar-refractivity contribution in [2.45, 2.75) is 52.4 Å². The van der Waals surface area contributed by atoms with E-state index in [0.29, 0.717) is 0 Å². The number of amides is 1. The summed E-state index contributed by atoms with van der Waals surface area (Å²) in [4.78, 5) is 14.2. The summed E-state index contributed by atoms with van der Waals surface area (Å²) in [5.74, 6) is 0.403. The van der Waals surface area contributed by atoms with Crippen LogP contribution >= 0.6 is 0 Å². The van der Waals surface area contributed by atoms with Crippen LogP contribution in [0.2, 0.25) is 0 Å². The number of nitrogens with one attached hydrogen (secondary N) is 1. The molecule has 1 saturated heterocycles. The summed E-state index contributed by atoms with van der Waals surface area (Å²) in [6, 6.07) is 0. The molecule has 1 atom stereocenters. The van der Waals surface area contributed by atoms with Crippen LogP contribution < -0.4 is 5.32 Å². The molecule has 1 amide bonds. The predicted octanol–water partition coefficient (Wildman–Crippen LogP) is 2.41. The van der Waals surface area contributed by atoms with E-state index in [1.807, 2.05) is 6.92 Å². The maximum Gasteiger partial charge on any atom is 0.222 e. The third-order valence-electron chi connectivity index (χ3n) is 3.57. The second-order valence-electron chi connectivity index (χ2n) is 5.24. The zero-order chi connectivity index (χ0) is 12.5. The molecule has 1 heterocycles. The Labute approximate surface area is 106 Å². The summed E-state index contributed by atoms with van der Waals surface area (Å²) < 4.78 is 0. The van der Waals surface area contributed by atoms with E-state index in [1.165, 1.54) is 32.4 Å². The van der Waals surface area contributed by atoms with Gasteiger partial charge in [-0.15, -0.1) is 0 Å². The zero-order valence-corrected chi connectivity index (χ0v) is 11.5. The van der Waals surface area contributed by atoms with Crippen molar-refractivity contribution in [2.24, 2.45) is 5.92 Å². The molecule has 100 valence electrons. The minimum atomic E-state index is 0.176. The molecule has 0 saturated carbocycles. The first-order valence-electron chi connectivity index (χ1n) is 7.24. The van der Waals surface area contributed by atoms with Crippen molar-refractivity contribution in [1.82, 2.24) is 10.2 Å². The summed E-state index contributed by atoms with van der Waals surface area (Å²) >= 11 is 0. The van der Waals surface area contributed by atoms with Crippen LogP contribution in [-0.2, 0) is 4.79 Å². The van der Waals surface area contributed by atoms with Crippen molar-refractivity contribution in [3.05, 3.63) is 0 Å². The second kappa shape index (κ2) is 8.51. The van der Waals surface area contributed by atoms with Crippen molar-refractivity contribution < 1.29 is 4.79 Å². The molecule has 0 spiro atoms. The normalized spacial score (nSPS) is 18.9.